The number of rotatable bonds is 2. The summed E-state index contributed by atoms with van der Waals surface area (Å²) in [5, 5.41) is 9.87. The molecular formula is C7H10N2OS2. The average molecular weight is 202 g/mol. The van der Waals surface area contributed by atoms with E-state index < -0.39 is 0 Å². The van der Waals surface area contributed by atoms with Crippen LogP contribution in [0.15, 0.2) is 10.7 Å². The molecule has 1 saturated carbocycles. The lowest BCUT2D eigenvalue weighted by molar-refractivity contribution is 0.188. The second-order valence-corrected chi connectivity index (χ2v) is 5.13. The zero-order valence-corrected chi connectivity index (χ0v) is 8.14. The third-order valence-corrected chi connectivity index (χ3v) is 4.14. The minimum Gasteiger partial charge on any atom is -0.392 e. The molecule has 0 radical (unpaired) electrons. The van der Waals surface area contributed by atoms with Gasteiger partial charge in [-0.15, -0.1) is 0 Å². The summed E-state index contributed by atoms with van der Waals surface area (Å²) in [6.07, 6.45) is 4.60. The van der Waals surface area contributed by atoms with Crippen molar-refractivity contribution in [2.75, 3.05) is 0 Å². The van der Waals surface area contributed by atoms with Crippen molar-refractivity contribution in [1.82, 2.24) is 9.36 Å². The Morgan fingerprint density at radius 1 is 1.58 bits per heavy atom. The molecule has 0 aliphatic heterocycles. The van der Waals surface area contributed by atoms with E-state index in [2.05, 4.69) is 9.36 Å². The van der Waals surface area contributed by atoms with Crippen LogP contribution in [0.25, 0.3) is 0 Å². The highest BCUT2D eigenvalue weighted by Gasteiger charge is 2.26. The third-order valence-electron chi connectivity index (χ3n) is 2.01. The fourth-order valence-corrected chi connectivity index (χ4v) is 3.28. The van der Waals surface area contributed by atoms with E-state index in [4.69, 9.17) is 0 Å². The van der Waals surface area contributed by atoms with Crippen LogP contribution in [0, 0.1) is 0 Å². The second kappa shape index (κ2) is 3.72. The predicted octanol–water partition coefficient (Wildman–Crippen LogP) is 1.54. The summed E-state index contributed by atoms with van der Waals surface area (Å²) >= 11 is 3.06. The molecule has 0 amide bonds. The molecule has 5 heteroatoms. The lowest BCUT2D eigenvalue weighted by atomic mass is 10.3. The monoisotopic (exact) mass is 202 g/mol. The van der Waals surface area contributed by atoms with Gasteiger partial charge in [0.25, 0.3) is 0 Å². The SMILES string of the molecule is O[C@@H]1CCC[C@H]1Sc1ncns1. The lowest BCUT2D eigenvalue weighted by Gasteiger charge is -2.10. The molecule has 3 nitrogen and oxygen atoms in total. The first-order valence-electron chi connectivity index (χ1n) is 3.97. The number of nitrogens with zero attached hydrogens (tertiary/aromatic N) is 2. The zero-order chi connectivity index (χ0) is 8.39. The minimum absolute atomic E-state index is 0.140. The number of aliphatic hydroxyl groups is 1. The number of hydrogen-bond acceptors (Lipinski definition) is 5. The third kappa shape index (κ3) is 1.78. The molecule has 0 unspecified atom stereocenters. The minimum atomic E-state index is -0.140. The van der Waals surface area contributed by atoms with Gasteiger partial charge in [-0.1, -0.05) is 11.8 Å². The highest BCUT2D eigenvalue weighted by atomic mass is 32.2. The Morgan fingerprint density at radius 2 is 2.50 bits per heavy atom. The van der Waals surface area contributed by atoms with Gasteiger partial charge in [0, 0.05) is 5.25 Å². The standard InChI is InChI=1S/C7H10N2OS2/c10-5-2-1-3-6(5)11-7-8-4-9-12-7/h4-6,10H,1-3H2/t5-,6-/m1/s1. The van der Waals surface area contributed by atoms with E-state index in [1.807, 2.05) is 0 Å². The van der Waals surface area contributed by atoms with Crippen molar-refractivity contribution < 1.29 is 5.11 Å². The van der Waals surface area contributed by atoms with Gasteiger partial charge in [-0.3, -0.25) is 0 Å². The smallest absolute Gasteiger partial charge is 0.170 e. The van der Waals surface area contributed by atoms with E-state index in [0.29, 0.717) is 5.25 Å². The zero-order valence-electron chi connectivity index (χ0n) is 6.51. The van der Waals surface area contributed by atoms with E-state index in [1.165, 1.54) is 11.5 Å². The Kier molecular flexibility index (Phi) is 2.63. The number of aliphatic hydroxyl groups excluding tert-OH is 1. The molecule has 1 N–H and O–H groups in total. The topological polar surface area (TPSA) is 46.0 Å². The number of thioether (sulfide) groups is 1. The second-order valence-electron chi connectivity index (χ2n) is 2.86. The Hall–Kier alpha value is -0.130. The summed E-state index contributed by atoms with van der Waals surface area (Å²) in [4.78, 5) is 4.07. The van der Waals surface area contributed by atoms with Gasteiger partial charge in [-0.2, -0.15) is 4.37 Å². The Morgan fingerprint density at radius 3 is 3.08 bits per heavy atom. The van der Waals surface area contributed by atoms with Gasteiger partial charge in [0.15, 0.2) is 4.34 Å². The molecule has 0 saturated heterocycles. The Labute approximate surface area is 79.4 Å². The first-order valence-corrected chi connectivity index (χ1v) is 5.63. The number of aromatic nitrogens is 2. The highest BCUT2D eigenvalue weighted by Crippen LogP contribution is 2.34. The van der Waals surface area contributed by atoms with Crippen LogP contribution in [0.4, 0.5) is 0 Å². The molecule has 1 aliphatic carbocycles. The molecule has 2 atom stereocenters. The molecule has 2 rings (SSSR count). The summed E-state index contributed by atoms with van der Waals surface area (Å²) < 4.78 is 4.89. The maximum Gasteiger partial charge on any atom is 0.170 e. The van der Waals surface area contributed by atoms with Gasteiger partial charge in [-0.25, -0.2) is 4.98 Å². The summed E-state index contributed by atoms with van der Waals surface area (Å²) in [5.74, 6) is 0. The molecule has 0 bridgehead atoms. The summed E-state index contributed by atoms with van der Waals surface area (Å²) in [5.41, 5.74) is 0. The van der Waals surface area contributed by atoms with Crippen molar-refractivity contribution in [3.05, 3.63) is 6.33 Å². The predicted molar refractivity (Wildman–Crippen MR) is 49.4 cm³/mol. The van der Waals surface area contributed by atoms with Crippen LogP contribution in [-0.2, 0) is 0 Å². The van der Waals surface area contributed by atoms with Crippen molar-refractivity contribution in [3.8, 4) is 0 Å². The fourth-order valence-electron chi connectivity index (χ4n) is 1.39. The van der Waals surface area contributed by atoms with Crippen LogP contribution in [0.2, 0.25) is 0 Å². The molecule has 0 spiro atoms. The van der Waals surface area contributed by atoms with Crippen molar-refractivity contribution in [2.45, 2.75) is 35.0 Å². The highest BCUT2D eigenvalue weighted by molar-refractivity contribution is 8.01. The van der Waals surface area contributed by atoms with E-state index in [9.17, 15) is 5.11 Å². The molecule has 1 aromatic heterocycles. The van der Waals surface area contributed by atoms with E-state index in [1.54, 1.807) is 18.1 Å². The average Bonchev–Trinajstić information content (AvgIpc) is 2.65. The first kappa shape index (κ1) is 8.47. The van der Waals surface area contributed by atoms with E-state index in [-0.39, 0.29) is 6.10 Å². The van der Waals surface area contributed by atoms with Crippen LogP contribution >= 0.6 is 23.3 Å². The summed E-state index contributed by atoms with van der Waals surface area (Å²) in [6, 6.07) is 0. The molecule has 1 heterocycles. The van der Waals surface area contributed by atoms with Gasteiger partial charge < -0.3 is 5.11 Å². The van der Waals surface area contributed by atoms with E-state index >= 15 is 0 Å². The molecule has 66 valence electrons. The van der Waals surface area contributed by atoms with Gasteiger partial charge in [0.1, 0.15) is 6.33 Å². The maximum atomic E-state index is 9.52. The van der Waals surface area contributed by atoms with Crippen LogP contribution in [-0.4, -0.2) is 25.8 Å². The maximum absolute atomic E-state index is 9.52. The van der Waals surface area contributed by atoms with Crippen LogP contribution in [0.3, 0.4) is 0 Å². The summed E-state index contributed by atoms with van der Waals surface area (Å²) in [7, 11) is 0. The molecule has 1 aromatic rings. The first-order chi connectivity index (χ1) is 5.86. The molecule has 1 aliphatic rings. The summed E-state index contributed by atoms with van der Waals surface area (Å²) in [6.45, 7) is 0. The van der Waals surface area contributed by atoms with Crippen molar-refractivity contribution in [2.24, 2.45) is 0 Å². The Bertz CT molecular complexity index is 240. The van der Waals surface area contributed by atoms with Crippen LogP contribution in [0.1, 0.15) is 19.3 Å². The number of hydrogen-bond donors (Lipinski definition) is 1. The van der Waals surface area contributed by atoms with Crippen LogP contribution < -0.4 is 0 Å². The van der Waals surface area contributed by atoms with Crippen molar-refractivity contribution in [1.29, 1.82) is 0 Å². The molecule has 1 fully saturated rings. The Balaban J connectivity index is 1.95. The molecule has 0 aromatic carbocycles. The van der Waals surface area contributed by atoms with Gasteiger partial charge >= 0.3 is 0 Å². The van der Waals surface area contributed by atoms with Crippen LogP contribution in [0.5, 0.6) is 0 Å². The molecule has 12 heavy (non-hydrogen) atoms. The van der Waals surface area contributed by atoms with Crippen molar-refractivity contribution in [3.63, 3.8) is 0 Å². The van der Waals surface area contributed by atoms with Gasteiger partial charge in [-0.05, 0) is 30.8 Å². The normalized spacial score (nSPS) is 29.4. The van der Waals surface area contributed by atoms with Gasteiger partial charge in [0.2, 0.25) is 0 Å². The van der Waals surface area contributed by atoms with Gasteiger partial charge in [0.05, 0.1) is 6.10 Å². The lowest BCUT2D eigenvalue weighted by Crippen LogP contribution is -2.14. The van der Waals surface area contributed by atoms with Crippen molar-refractivity contribution >= 4 is 23.3 Å². The quantitative estimate of drug-likeness (QED) is 0.790. The fraction of sp³-hybridized carbons (Fsp3) is 0.714. The molecular weight excluding hydrogens is 192 g/mol. The van der Waals surface area contributed by atoms with E-state index in [0.717, 1.165) is 23.6 Å². The largest absolute Gasteiger partial charge is 0.392 e.